The fourth-order valence-corrected chi connectivity index (χ4v) is 1.98. The number of rotatable bonds is 2. The first-order valence-electron chi connectivity index (χ1n) is 4.93. The summed E-state index contributed by atoms with van der Waals surface area (Å²) in [6, 6.07) is 9.13. The van der Waals surface area contributed by atoms with Crippen molar-refractivity contribution in [1.82, 2.24) is 0 Å². The van der Waals surface area contributed by atoms with E-state index in [0.717, 1.165) is 5.69 Å². The van der Waals surface area contributed by atoms with Gasteiger partial charge in [-0.3, -0.25) is 0 Å². The van der Waals surface area contributed by atoms with Crippen molar-refractivity contribution in [3.63, 3.8) is 0 Å². The van der Waals surface area contributed by atoms with Crippen LogP contribution in [0.4, 0.5) is 5.69 Å². The fraction of sp³-hybridized carbons (Fsp3) is 0.364. The Kier molecular flexibility index (Phi) is 2.36. The van der Waals surface area contributed by atoms with Gasteiger partial charge in [-0.25, -0.2) is 4.79 Å². The summed E-state index contributed by atoms with van der Waals surface area (Å²) in [6.07, 6.45) is 0.967. The summed E-state index contributed by atoms with van der Waals surface area (Å²) in [5, 5.41) is 19.0. The quantitative estimate of drug-likeness (QED) is 0.761. The van der Waals surface area contributed by atoms with Crippen molar-refractivity contribution < 1.29 is 15.0 Å². The van der Waals surface area contributed by atoms with Gasteiger partial charge in [-0.15, -0.1) is 0 Å². The summed E-state index contributed by atoms with van der Waals surface area (Å²) in [4.78, 5) is 12.6. The molecule has 4 heteroatoms. The van der Waals surface area contributed by atoms with Gasteiger partial charge in [-0.05, 0) is 18.6 Å². The molecule has 1 saturated heterocycles. The van der Waals surface area contributed by atoms with E-state index in [1.807, 2.05) is 18.2 Å². The van der Waals surface area contributed by atoms with Gasteiger partial charge in [0.25, 0.3) is 0 Å². The van der Waals surface area contributed by atoms with Gasteiger partial charge >= 0.3 is 5.97 Å². The van der Waals surface area contributed by atoms with Crippen LogP contribution in [0.15, 0.2) is 30.3 Å². The van der Waals surface area contributed by atoms with Crippen LogP contribution in [0, 0.1) is 0 Å². The molecule has 0 bridgehead atoms. The lowest BCUT2D eigenvalue weighted by Gasteiger charge is -2.31. The van der Waals surface area contributed by atoms with E-state index in [2.05, 4.69) is 0 Å². The zero-order valence-corrected chi connectivity index (χ0v) is 8.26. The number of aliphatic hydroxyl groups is 1. The molecular formula is C11H13NO3. The van der Waals surface area contributed by atoms with E-state index in [-0.39, 0.29) is 6.42 Å². The molecule has 1 unspecified atom stereocenters. The van der Waals surface area contributed by atoms with Gasteiger partial charge in [0.2, 0.25) is 5.72 Å². The molecule has 1 fully saturated rings. The monoisotopic (exact) mass is 207 g/mol. The molecule has 1 heterocycles. The number of carbonyl (C=O) groups is 1. The number of benzene rings is 1. The average Bonchev–Trinajstić information content (AvgIpc) is 2.63. The first kappa shape index (κ1) is 9.98. The summed E-state index contributed by atoms with van der Waals surface area (Å²) in [5.74, 6) is -1.18. The molecule has 4 nitrogen and oxygen atoms in total. The summed E-state index contributed by atoms with van der Waals surface area (Å²) < 4.78 is 0. The highest BCUT2D eigenvalue weighted by molar-refractivity contribution is 5.82. The molecule has 0 radical (unpaired) electrons. The highest BCUT2D eigenvalue weighted by atomic mass is 16.4. The van der Waals surface area contributed by atoms with E-state index in [9.17, 15) is 9.90 Å². The topological polar surface area (TPSA) is 60.8 Å². The number of para-hydroxylation sites is 1. The van der Waals surface area contributed by atoms with Gasteiger partial charge in [-0.2, -0.15) is 0 Å². The number of nitrogens with zero attached hydrogens (tertiary/aromatic N) is 1. The highest BCUT2D eigenvalue weighted by Crippen LogP contribution is 2.32. The Bertz CT molecular complexity index is 365. The average molecular weight is 207 g/mol. The van der Waals surface area contributed by atoms with E-state index in [1.165, 1.54) is 4.90 Å². The van der Waals surface area contributed by atoms with Crippen LogP contribution < -0.4 is 4.90 Å². The molecule has 1 aromatic rings. The lowest BCUT2D eigenvalue weighted by atomic mass is 10.1. The molecule has 0 saturated carbocycles. The Balaban J connectivity index is 2.34. The van der Waals surface area contributed by atoms with Crippen molar-refractivity contribution in [2.75, 3.05) is 11.4 Å². The minimum atomic E-state index is -1.73. The number of carboxylic acid groups (broad SMARTS) is 1. The van der Waals surface area contributed by atoms with Gasteiger partial charge in [0.15, 0.2) is 0 Å². The molecule has 15 heavy (non-hydrogen) atoms. The molecular weight excluding hydrogens is 194 g/mol. The lowest BCUT2D eigenvalue weighted by molar-refractivity contribution is -0.157. The van der Waals surface area contributed by atoms with Gasteiger partial charge in [0.05, 0.1) is 0 Å². The number of anilines is 1. The molecule has 80 valence electrons. The molecule has 1 atom stereocenters. The third-order valence-corrected chi connectivity index (χ3v) is 2.76. The minimum absolute atomic E-state index is 0.275. The second kappa shape index (κ2) is 3.55. The maximum atomic E-state index is 11.0. The molecule has 0 spiro atoms. The van der Waals surface area contributed by atoms with Crippen LogP contribution in [0.1, 0.15) is 12.8 Å². The maximum absolute atomic E-state index is 11.0. The fourth-order valence-electron chi connectivity index (χ4n) is 1.98. The zero-order valence-electron chi connectivity index (χ0n) is 8.26. The Morgan fingerprint density at radius 1 is 1.33 bits per heavy atom. The van der Waals surface area contributed by atoms with Crippen molar-refractivity contribution in [2.45, 2.75) is 18.6 Å². The Morgan fingerprint density at radius 3 is 2.60 bits per heavy atom. The normalized spacial score (nSPS) is 25.5. The van der Waals surface area contributed by atoms with E-state index >= 15 is 0 Å². The maximum Gasteiger partial charge on any atom is 0.357 e. The predicted octanol–water partition coefficient (Wildman–Crippen LogP) is 1.06. The summed E-state index contributed by atoms with van der Waals surface area (Å²) in [7, 11) is 0. The van der Waals surface area contributed by atoms with E-state index < -0.39 is 11.7 Å². The van der Waals surface area contributed by atoms with Gasteiger partial charge < -0.3 is 15.1 Å². The minimum Gasteiger partial charge on any atom is -0.478 e. The van der Waals surface area contributed by atoms with Crippen LogP contribution in [-0.2, 0) is 4.79 Å². The molecule has 0 aromatic heterocycles. The first-order valence-corrected chi connectivity index (χ1v) is 4.93. The van der Waals surface area contributed by atoms with Crippen LogP contribution in [0.3, 0.4) is 0 Å². The summed E-state index contributed by atoms with van der Waals surface area (Å²) in [6.45, 7) is 0.576. The van der Waals surface area contributed by atoms with Crippen LogP contribution in [0.2, 0.25) is 0 Å². The molecule has 2 N–H and O–H groups in total. The molecule has 1 aromatic carbocycles. The van der Waals surface area contributed by atoms with Crippen molar-refractivity contribution in [3.8, 4) is 0 Å². The first-order chi connectivity index (χ1) is 7.14. The van der Waals surface area contributed by atoms with Crippen molar-refractivity contribution in [1.29, 1.82) is 0 Å². The Labute approximate surface area is 87.8 Å². The van der Waals surface area contributed by atoms with Crippen molar-refractivity contribution in [3.05, 3.63) is 30.3 Å². The Morgan fingerprint density at radius 2 is 2.00 bits per heavy atom. The third kappa shape index (κ3) is 1.57. The third-order valence-electron chi connectivity index (χ3n) is 2.76. The second-order valence-electron chi connectivity index (χ2n) is 3.71. The standard InChI is InChI=1S/C11H13NO3/c13-10(14)11(15)7-4-8-12(11)9-5-2-1-3-6-9/h1-3,5-6,15H,4,7-8H2,(H,13,14). The van der Waals surface area contributed by atoms with E-state index in [4.69, 9.17) is 5.11 Å². The highest BCUT2D eigenvalue weighted by Gasteiger charge is 2.46. The predicted molar refractivity (Wildman–Crippen MR) is 55.6 cm³/mol. The zero-order chi connectivity index (χ0) is 10.9. The molecule has 1 aliphatic rings. The number of hydrogen-bond acceptors (Lipinski definition) is 3. The summed E-state index contributed by atoms with van der Waals surface area (Å²) >= 11 is 0. The molecule has 0 amide bonds. The Hall–Kier alpha value is -1.55. The van der Waals surface area contributed by atoms with Gasteiger partial charge in [-0.1, -0.05) is 18.2 Å². The molecule has 2 rings (SSSR count). The van der Waals surface area contributed by atoms with Crippen molar-refractivity contribution in [2.24, 2.45) is 0 Å². The number of hydrogen-bond donors (Lipinski definition) is 2. The molecule has 0 aliphatic carbocycles. The SMILES string of the molecule is O=C(O)C1(O)CCCN1c1ccccc1. The number of carboxylic acids is 1. The van der Waals surface area contributed by atoms with Gasteiger partial charge in [0.1, 0.15) is 0 Å². The second-order valence-corrected chi connectivity index (χ2v) is 3.71. The van der Waals surface area contributed by atoms with Crippen LogP contribution in [0.25, 0.3) is 0 Å². The van der Waals surface area contributed by atoms with Crippen molar-refractivity contribution >= 4 is 11.7 Å². The molecule has 1 aliphatic heterocycles. The largest absolute Gasteiger partial charge is 0.478 e. The van der Waals surface area contributed by atoms with E-state index in [1.54, 1.807) is 12.1 Å². The smallest absolute Gasteiger partial charge is 0.357 e. The van der Waals surface area contributed by atoms with Crippen LogP contribution in [-0.4, -0.2) is 28.5 Å². The van der Waals surface area contributed by atoms with Crippen LogP contribution >= 0.6 is 0 Å². The van der Waals surface area contributed by atoms with Crippen LogP contribution in [0.5, 0.6) is 0 Å². The van der Waals surface area contributed by atoms with Gasteiger partial charge in [0, 0.05) is 18.7 Å². The summed E-state index contributed by atoms with van der Waals surface area (Å²) in [5.41, 5.74) is -0.985. The number of aliphatic carboxylic acids is 1. The lowest BCUT2D eigenvalue weighted by Crippen LogP contribution is -2.50. The van der Waals surface area contributed by atoms with E-state index in [0.29, 0.717) is 13.0 Å².